The van der Waals surface area contributed by atoms with E-state index in [1.54, 1.807) is 0 Å². The Morgan fingerprint density at radius 3 is 2.81 bits per heavy atom. The minimum Gasteiger partial charge on any atom is -0.342 e. The summed E-state index contributed by atoms with van der Waals surface area (Å²) in [7, 11) is 0. The van der Waals surface area contributed by atoms with E-state index in [-0.39, 0.29) is 0 Å². The molecule has 84 valence electrons. The summed E-state index contributed by atoms with van der Waals surface area (Å²) in [5, 5.41) is 0. The van der Waals surface area contributed by atoms with Crippen LogP contribution in [0.25, 0.3) is 11.3 Å². The Labute approximate surface area is 96.3 Å². The van der Waals surface area contributed by atoms with E-state index in [2.05, 4.69) is 9.97 Å². The van der Waals surface area contributed by atoms with Crippen LogP contribution in [0.1, 0.15) is 5.82 Å². The maximum atomic E-state index is 13.4. The predicted molar refractivity (Wildman–Crippen MR) is 58.4 cm³/mol. The fourth-order valence-corrected chi connectivity index (χ4v) is 1.60. The number of halogens is 3. The molecule has 1 N–H and O–H groups in total. The van der Waals surface area contributed by atoms with Crippen molar-refractivity contribution in [2.24, 2.45) is 0 Å². The third-order valence-electron chi connectivity index (χ3n) is 2.18. The zero-order chi connectivity index (χ0) is 11.5. The molecular weight excluding hydrogens is 234 g/mol. The van der Waals surface area contributed by atoms with Crippen molar-refractivity contribution in [1.82, 2.24) is 9.97 Å². The maximum absolute atomic E-state index is 13.4. The summed E-state index contributed by atoms with van der Waals surface area (Å²) in [4.78, 5) is 6.98. The van der Waals surface area contributed by atoms with E-state index in [9.17, 15) is 8.78 Å². The summed E-state index contributed by atoms with van der Waals surface area (Å²) in [6.45, 7) is 0. The molecule has 0 aliphatic heterocycles. The number of hydrogen-bond acceptors (Lipinski definition) is 1. The van der Waals surface area contributed by atoms with E-state index in [4.69, 9.17) is 11.6 Å². The van der Waals surface area contributed by atoms with Gasteiger partial charge in [0.25, 0.3) is 0 Å². The number of benzene rings is 1. The molecule has 0 unspecified atom stereocenters. The van der Waals surface area contributed by atoms with Gasteiger partial charge in [0.15, 0.2) is 0 Å². The van der Waals surface area contributed by atoms with Crippen LogP contribution in [0, 0.1) is 11.6 Å². The van der Waals surface area contributed by atoms with Crippen LogP contribution in [-0.2, 0) is 6.42 Å². The molecule has 2 rings (SSSR count). The molecule has 0 saturated heterocycles. The number of aromatic amines is 1. The Hall–Kier alpha value is -1.42. The highest BCUT2D eigenvalue weighted by molar-refractivity contribution is 6.17. The Kier molecular flexibility index (Phi) is 3.19. The Morgan fingerprint density at radius 1 is 1.31 bits per heavy atom. The minimum absolute atomic E-state index is 0.301. The average Bonchev–Trinajstić information content (AvgIpc) is 2.67. The topological polar surface area (TPSA) is 28.7 Å². The lowest BCUT2D eigenvalue weighted by atomic mass is 10.1. The van der Waals surface area contributed by atoms with Crippen LogP contribution in [0.2, 0.25) is 0 Å². The van der Waals surface area contributed by atoms with E-state index in [1.807, 2.05) is 0 Å². The van der Waals surface area contributed by atoms with Gasteiger partial charge in [-0.05, 0) is 12.1 Å². The maximum Gasteiger partial charge on any atom is 0.135 e. The number of alkyl halides is 1. The Balaban J connectivity index is 2.35. The van der Waals surface area contributed by atoms with E-state index in [0.29, 0.717) is 29.4 Å². The minimum atomic E-state index is -0.610. The van der Waals surface area contributed by atoms with Crippen molar-refractivity contribution in [3.8, 4) is 11.3 Å². The molecule has 16 heavy (non-hydrogen) atoms. The number of H-pyrrole nitrogens is 1. The monoisotopic (exact) mass is 242 g/mol. The number of imidazole rings is 1. The normalized spacial score (nSPS) is 10.7. The third-order valence-corrected chi connectivity index (χ3v) is 2.37. The van der Waals surface area contributed by atoms with Gasteiger partial charge in [-0.3, -0.25) is 0 Å². The summed E-state index contributed by atoms with van der Waals surface area (Å²) < 4.78 is 26.1. The molecule has 1 heterocycles. The highest BCUT2D eigenvalue weighted by Gasteiger charge is 2.08. The molecule has 0 radical (unpaired) electrons. The Morgan fingerprint density at radius 2 is 2.12 bits per heavy atom. The van der Waals surface area contributed by atoms with Crippen LogP contribution >= 0.6 is 11.6 Å². The van der Waals surface area contributed by atoms with Gasteiger partial charge in [-0.1, -0.05) is 0 Å². The van der Waals surface area contributed by atoms with E-state index >= 15 is 0 Å². The molecule has 2 aromatic rings. The van der Waals surface area contributed by atoms with Crippen molar-refractivity contribution in [3.63, 3.8) is 0 Å². The van der Waals surface area contributed by atoms with Gasteiger partial charge >= 0.3 is 0 Å². The lowest BCUT2D eigenvalue weighted by molar-refractivity contribution is 0.585. The molecular formula is C11H9ClF2N2. The van der Waals surface area contributed by atoms with Crippen molar-refractivity contribution in [1.29, 1.82) is 0 Å². The quantitative estimate of drug-likeness (QED) is 0.823. The summed E-state index contributed by atoms with van der Waals surface area (Å²) in [5.74, 6) is -0.0738. The number of nitrogens with zero attached hydrogens (tertiary/aromatic N) is 1. The molecule has 0 fully saturated rings. The van der Waals surface area contributed by atoms with Crippen molar-refractivity contribution in [3.05, 3.63) is 41.9 Å². The first kappa shape index (κ1) is 11.1. The van der Waals surface area contributed by atoms with Gasteiger partial charge in [0.1, 0.15) is 17.5 Å². The van der Waals surface area contributed by atoms with Gasteiger partial charge in [0, 0.05) is 23.9 Å². The van der Waals surface area contributed by atoms with Gasteiger partial charge in [-0.2, -0.15) is 0 Å². The summed E-state index contributed by atoms with van der Waals surface area (Å²) in [5.41, 5.74) is 0.826. The van der Waals surface area contributed by atoms with Crippen molar-refractivity contribution < 1.29 is 8.78 Å². The van der Waals surface area contributed by atoms with E-state index in [0.717, 1.165) is 6.07 Å². The van der Waals surface area contributed by atoms with Crippen LogP contribution in [0.15, 0.2) is 24.4 Å². The van der Waals surface area contributed by atoms with Gasteiger partial charge in [0.2, 0.25) is 0 Å². The van der Waals surface area contributed by atoms with Gasteiger partial charge < -0.3 is 4.98 Å². The molecule has 2 nitrogen and oxygen atoms in total. The third kappa shape index (κ3) is 2.22. The van der Waals surface area contributed by atoms with Crippen LogP contribution in [0.4, 0.5) is 8.78 Å². The first-order valence-electron chi connectivity index (χ1n) is 4.76. The van der Waals surface area contributed by atoms with E-state index in [1.165, 1.54) is 18.3 Å². The SMILES string of the molecule is Fc1ccc(-c2cnc(CCCl)[nH]2)c(F)c1. The molecule has 0 aliphatic carbocycles. The second-order valence-corrected chi connectivity index (χ2v) is 3.68. The number of aromatic nitrogens is 2. The molecule has 1 aromatic heterocycles. The largest absolute Gasteiger partial charge is 0.342 e. The fourth-order valence-electron chi connectivity index (χ4n) is 1.42. The zero-order valence-corrected chi connectivity index (χ0v) is 9.06. The van der Waals surface area contributed by atoms with Crippen molar-refractivity contribution in [2.45, 2.75) is 6.42 Å². The molecule has 0 atom stereocenters. The van der Waals surface area contributed by atoms with Crippen LogP contribution in [-0.4, -0.2) is 15.8 Å². The second-order valence-electron chi connectivity index (χ2n) is 3.31. The lowest BCUT2D eigenvalue weighted by Crippen LogP contribution is -1.89. The summed E-state index contributed by atoms with van der Waals surface area (Å²) >= 11 is 5.56. The highest BCUT2D eigenvalue weighted by atomic mass is 35.5. The number of rotatable bonds is 3. The van der Waals surface area contributed by atoms with Crippen LogP contribution in [0.5, 0.6) is 0 Å². The van der Waals surface area contributed by atoms with Crippen molar-refractivity contribution in [2.75, 3.05) is 5.88 Å². The second kappa shape index (κ2) is 4.61. The average molecular weight is 243 g/mol. The lowest BCUT2D eigenvalue weighted by Gasteiger charge is -1.99. The summed E-state index contributed by atoms with van der Waals surface area (Å²) in [6.07, 6.45) is 2.10. The Bertz CT molecular complexity index is 496. The molecule has 0 bridgehead atoms. The smallest absolute Gasteiger partial charge is 0.135 e. The molecule has 1 aromatic carbocycles. The molecule has 0 saturated carbocycles. The molecule has 5 heteroatoms. The fraction of sp³-hybridized carbons (Fsp3) is 0.182. The predicted octanol–water partition coefficient (Wildman–Crippen LogP) is 3.14. The first-order valence-corrected chi connectivity index (χ1v) is 5.29. The number of aryl methyl sites for hydroxylation is 1. The first-order chi connectivity index (χ1) is 7.70. The molecule has 0 aliphatic rings. The highest BCUT2D eigenvalue weighted by Crippen LogP contribution is 2.21. The van der Waals surface area contributed by atoms with Gasteiger partial charge in [-0.25, -0.2) is 13.8 Å². The van der Waals surface area contributed by atoms with Crippen molar-refractivity contribution >= 4 is 11.6 Å². The number of nitrogens with one attached hydrogen (secondary N) is 1. The molecule has 0 spiro atoms. The van der Waals surface area contributed by atoms with Crippen LogP contribution < -0.4 is 0 Å². The zero-order valence-electron chi connectivity index (χ0n) is 8.30. The van der Waals surface area contributed by atoms with Gasteiger partial charge in [-0.15, -0.1) is 11.6 Å². The summed E-state index contributed by atoms with van der Waals surface area (Å²) in [6, 6.07) is 3.43. The molecule has 0 amide bonds. The van der Waals surface area contributed by atoms with E-state index < -0.39 is 11.6 Å². The number of hydrogen-bond donors (Lipinski definition) is 1. The van der Waals surface area contributed by atoms with Crippen LogP contribution in [0.3, 0.4) is 0 Å². The van der Waals surface area contributed by atoms with Gasteiger partial charge in [0.05, 0.1) is 11.9 Å². The standard InChI is InChI=1S/C11H9ClF2N2/c12-4-3-11-15-6-10(16-11)8-2-1-7(13)5-9(8)14/h1-2,5-6H,3-4H2,(H,15,16).